The van der Waals surface area contributed by atoms with Gasteiger partial charge in [0.1, 0.15) is 10.7 Å². The third-order valence-electron chi connectivity index (χ3n) is 3.48. The molecule has 0 bridgehead atoms. The normalized spacial score (nSPS) is 15.3. The van der Waals surface area contributed by atoms with Crippen LogP contribution in [0.25, 0.3) is 0 Å². The van der Waals surface area contributed by atoms with Gasteiger partial charge < -0.3 is 5.73 Å². The van der Waals surface area contributed by atoms with Gasteiger partial charge in [-0.2, -0.15) is 0 Å². The van der Waals surface area contributed by atoms with Crippen LogP contribution in [0.1, 0.15) is 50.9 Å². The highest BCUT2D eigenvalue weighted by molar-refractivity contribution is 7.80. The largest absolute Gasteiger partial charge is 0.388 e. The minimum atomic E-state index is 0.367. The molecule has 0 radical (unpaired) electrons. The van der Waals surface area contributed by atoms with Crippen molar-refractivity contribution in [3.63, 3.8) is 0 Å². The van der Waals surface area contributed by atoms with Gasteiger partial charge in [0.25, 0.3) is 0 Å². The lowest BCUT2D eigenvalue weighted by Crippen LogP contribution is -2.15. The summed E-state index contributed by atoms with van der Waals surface area (Å²) < 4.78 is 2.01. The Morgan fingerprint density at radius 1 is 1.50 bits per heavy atom. The fourth-order valence-corrected chi connectivity index (χ4v) is 2.25. The SMILES string of the molecule is CC(C)CCc1c(C(N)=S)nnn1CCC1CC1. The maximum atomic E-state index is 5.72. The first kappa shape index (κ1) is 13.5. The van der Waals surface area contributed by atoms with Crippen molar-refractivity contribution in [1.82, 2.24) is 15.0 Å². The molecule has 5 heteroatoms. The predicted molar refractivity (Wildman–Crippen MR) is 76.4 cm³/mol. The Morgan fingerprint density at radius 3 is 2.78 bits per heavy atom. The minimum absolute atomic E-state index is 0.367. The molecule has 0 spiro atoms. The van der Waals surface area contributed by atoms with E-state index in [1.807, 2.05) is 4.68 Å². The highest BCUT2D eigenvalue weighted by Gasteiger charge is 2.22. The third kappa shape index (κ3) is 3.51. The quantitative estimate of drug-likeness (QED) is 0.769. The first-order valence-electron chi connectivity index (χ1n) is 6.80. The van der Waals surface area contributed by atoms with E-state index in [2.05, 4.69) is 24.2 Å². The van der Waals surface area contributed by atoms with Gasteiger partial charge in [-0.3, -0.25) is 0 Å². The summed E-state index contributed by atoms with van der Waals surface area (Å²) in [5, 5.41) is 8.35. The molecule has 100 valence electrons. The molecule has 18 heavy (non-hydrogen) atoms. The molecule has 0 saturated heterocycles. The molecule has 0 amide bonds. The van der Waals surface area contributed by atoms with Gasteiger partial charge in [-0.25, -0.2) is 4.68 Å². The molecule has 1 fully saturated rings. The molecule has 2 N–H and O–H groups in total. The van der Waals surface area contributed by atoms with E-state index < -0.39 is 0 Å². The van der Waals surface area contributed by atoms with Crippen LogP contribution in [0.3, 0.4) is 0 Å². The van der Waals surface area contributed by atoms with E-state index in [1.165, 1.54) is 19.3 Å². The third-order valence-corrected chi connectivity index (χ3v) is 3.67. The van der Waals surface area contributed by atoms with Crippen LogP contribution in [0.2, 0.25) is 0 Å². The molecular weight excluding hydrogens is 244 g/mol. The first-order valence-corrected chi connectivity index (χ1v) is 7.21. The van der Waals surface area contributed by atoms with Crippen LogP contribution in [-0.2, 0) is 13.0 Å². The molecule has 1 aromatic rings. The number of aryl methyl sites for hydroxylation is 1. The molecule has 1 aliphatic carbocycles. The fourth-order valence-electron chi connectivity index (χ4n) is 2.09. The van der Waals surface area contributed by atoms with Crippen molar-refractivity contribution in [2.75, 3.05) is 0 Å². The Kier molecular flexibility index (Phi) is 4.32. The standard InChI is InChI=1S/C13H22N4S/c1-9(2)3-6-11-12(13(14)18)15-16-17(11)8-7-10-4-5-10/h9-10H,3-8H2,1-2H3,(H2,14,18). The summed E-state index contributed by atoms with van der Waals surface area (Å²) >= 11 is 5.05. The van der Waals surface area contributed by atoms with Crippen molar-refractivity contribution in [1.29, 1.82) is 0 Å². The maximum absolute atomic E-state index is 5.72. The van der Waals surface area contributed by atoms with Crippen molar-refractivity contribution >= 4 is 17.2 Å². The summed E-state index contributed by atoms with van der Waals surface area (Å²) in [6.45, 7) is 5.39. The number of hydrogen-bond donors (Lipinski definition) is 1. The summed E-state index contributed by atoms with van der Waals surface area (Å²) in [6.07, 6.45) is 6.03. The predicted octanol–water partition coefficient (Wildman–Crippen LogP) is 2.30. The monoisotopic (exact) mass is 266 g/mol. The second kappa shape index (κ2) is 5.78. The van der Waals surface area contributed by atoms with Crippen LogP contribution in [0, 0.1) is 11.8 Å². The minimum Gasteiger partial charge on any atom is -0.388 e. The molecule has 4 nitrogen and oxygen atoms in total. The second-order valence-corrected chi connectivity index (χ2v) is 6.08. The Balaban J connectivity index is 2.07. The topological polar surface area (TPSA) is 56.7 Å². The van der Waals surface area contributed by atoms with Gasteiger partial charge in [0.05, 0.1) is 5.69 Å². The number of rotatable bonds is 7. The number of nitrogens with two attached hydrogens (primary N) is 1. The molecule has 1 aromatic heterocycles. The van der Waals surface area contributed by atoms with Gasteiger partial charge in [0, 0.05) is 6.54 Å². The highest BCUT2D eigenvalue weighted by Crippen LogP contribution is 2.32. The Bertz CT molecular complexity index is 421. The van der Waals surface area contributed by atoms with Crippen LogP contribution in [0.4, 0.5) is 0 Å². The van der Waals surface area contributed by atoms with Gasteiger partial charge in [-0.05, 0) is 31.1 Å². The molecule has 1 aliphatic rings. The summed E-state index contributed by atoms with van der Waals surface area (Å²) in [5.74, 6) is 1.57. The van der Waals surface area contributed by atoms with Gasteiger partial charge in [-0.15, -0.1) is 5.10 Å². The van der Waals surface area contributed by atoms with Crippen LogP contribution >= 0.6 is 12.2 Å². The number of hydrogen-bond acceptors (Lipinski definition) is 3. The number of aromatic nitrogens is 3. The molecule has 1 heterocycles. The van der Waals surface area contributed by atoms with E-state index in [0.717, 1.165) is 36.7 Å². The van der Waals surface area contributed by atoms with Crippen molar-refractivity contribution < 1.29 is 0 Å². The van der Waals surface area contributed by atoms with Crippen LogP contribution < -0.4 is 5.73 Å². The molecule has 0 aromatic carbocycles. The lowest BCUT2D eigenvalue weighted by molar-refractivity contribution is 0.496. The van der Waals surface area contributed by atoms with E-state index in [-0.39, 0.29) is 0 Å². The first-order chi connectivity index (χ1) is 8.58. The van der Waals surface area contributed by atoms with Gasteiger partial charge in [0.2, 0.25) is 0 Å². The molecule has 1 saturated carbocycles. The zero-order valence-corrected chi connectivity index (χ0v) is 12.0. The maximum Gasteiger partial charge on any atom is 0.143 e. The van der Waals surface area contributed by atoms with Crippen molar-refractivity contribution in [3.8, 4) is 0 Å². The summed E-state index contributed by atoms with van der Waals surface area (Å²) in [4.78, 5) is 0.367. The van der Waals surface area contributed by atoms with Crippen molar-refractivity contribution in [2.24, 2.45) is 17.6 Å². The van der Waals surface area contributed by atoms with Crippen LogP contribution in [-0.4, -0.2) is 20.0 Å². The summed E-state index contributed by atoms with van der Waals surface area (Å²) in [7, 11) is 0. The van der Waals surface area contributed by atoms with E-state index in [0.29, 0.717) is 10.9 Å². The summed E-state index contributed by atoms with van der Waals surface area (Å²) in [6, 6.07) is 0. The fraction of sp³-hybridized carbons (Fsp3) is 0.769. The van der Waals surface area contributed by atoms with Gasteiger partial charge in [-0.1, -0.05) is 44.1 Å². The number of thiocarbonyl (C=S) groups is 1. The highest BCUT2D eigenvalue weighted by atomic mass is 32.1. The van der Waals surface area contributed by atoms with Crippen LogP contribution in [0.5, 0.6) is 0 Å². The number of nitrogens with zero attached hydrogens (tertiary/aromatic N) is 3. The zero-order valence-electron chi connectivity index (χ0n) is 11.2. The average molecular weight is 266 g/mol. The second-order valence-electron chi connectivity index (χ2n) is 5.64. The molecule has 0 aliphatic heterocycles. The van der Waals surface area contributed by atoms with E-state index in [9.17, 15) is 0 Å². The Labute approximate surface area is 114 Å². The zero-order chi connectivity index (χ0) is 13.1. The molecule has 0 unspecified atom stereocenters. The van der Waals surface area contributed by atoms with Crippen molar-refractivity contribution in [2.45, 2.75) is 52.5 Å². The van der Waals surface area contributed by atoms with E-state index in [1.54, 1.807) is 0 Å². The summed E-state index contributed by atoms with van der Waals surface area (Å²) in [5.41, 5.74) is 7.56. The molecular formula is C13H22N4S. The lowest BCUT2D eigenvalue weighted by Gasteiger charge is -2.09. The van der Waals surface area contributed by atoms with Crippen molar-refractivity contribution in [3.05, 3.63) is 11.4 Å². The van der Waals surface area contributed by atoms with E-state index >= 15 is 0 Å². The Hall–Kier alpha value is -0.970. The van der Waals surface area contributed by atoms with E-state index in [4.69, 9.17) is 18.0 Å². The molecule has 2 rings (SSSR count). The van der Waals surface area contributed by atoms with Gasteiger partial charge in [0.15, 0.2) is 0 Å². The Morgan fingerprint density at radius 2 is 2.22 bits per heavy atom. The average Bonchev–Trinajstić information content (AvgIpc) is 3.03. The van der Waals surface area contributed by atoms with Crippen LogP contribution in [0.15, 0.2) is 0 Å². The molecule has 0 atom stereocenters. The van der Waals surface area contributed by atoms with Gasteiger partial charge >= 0.3 is 0 Å². The lowest BCUT2D eigenvalue weighted by atomic mass is 10.1. The smallest absolute Gasteiger partial charge is 0.143 e.